The van der Waals surface area contributed by atoms with Crippen LogP contribution in [0.1, 0.15) is 19.8 Å². The molecule has 1 aromatic heterocycles. The number of unbranched alkanes of at least 4 members (excludes halogenated alkanes) is 1. The SMILES string of the molecule is CCCCOCCNc1ncc(N)s1. The molecule has 0 spiro atoms. The molecule has 0 saturated heterocycles. The fourth-order valence-electron chi connectivity index (χ4n) is 0.947. The van der Waals surface area contributed by atoms with Gasteiger partial charge in [0.2, 0.25) is 0 Å². The van der Waals surface area contributed by atoms with Crippen molar-refractivity contribution in [2.75, 3.05) is 30.8 Å². The molecule has 80 valence electrons. The molecule has 0 fully saturated rings. The fraction of sp³-hybridized carbons (Fsp3) is 0.667. The summed E-state index contributed by atoms with van der Waals surface area (Å²) in [6.07, 6.45) is 3.96. The van der Waals surface area contributed by atoms with E-state index in [2.05, 4.69) is 17.2 Å². The molecule has 5 heteroatoms. The van der Waals surface area contributed by atoms with Crippen molar-refractivity contribution in [1.82, 2.24) is 4.98 Å². The zero-order chi connectivity index (χ0) is 10.2. The van der Waals surface area contributed by atoms with Gasteiger partial charge >= 0.3 is 0 Å². The number of nitrogens with two attached hydrogens (primary N) is 1. The van der Waals surface area contributed by atoms with Crippen molar-refractivity contribution in [3.05, 3.63) is 6.20 Å². The van der Waals surface area contributed by atoms with Gasteiger partial charge in [-0.25, -0.2) is 4.98 Å². The second-order valence-corrected chi connectivity index (χ2v) is 4.02. The Balaban J connectivity index is 1.99. The first-order valence-electron chi connectivity index (χ1n) is 4.86. The van der Waals surface area contributed by atoms with Crippen LogP contribution in [-0.2, 0) is 4.74 Å². The van der Waals surface area contributed by atoms with Crippen LogP contribution in [0.3, 0.4) is 0 Å². The Bertz CT molecular complexity index is 252. The maximum Gasteiger partial charge on any atom is 0.184 e. The second kappa shape index (κ2) is 6.62. The summed E-state index contributed by atoms with van der Waals surface area (Å²) in [5.41, 5.74) is 5.53. The van der Waals surface area contributed by atoms with Crippen LogP contribution < -0.4 is 11.1 Å². The number of aromatic nitrogens is 1. The first-order valence-corrected chi connectivity index (χ1v) is 5.67. The summed E-state index contributed by atoms with van der Waals surface area (Å²) in [5, 5.41) is 4.74. The minimum absolute atomic E-state index is 0.722. The predicted octanol–water partition coefficient (Wildman–Crippen LogP) is 1.95. The average Bonchev–Trinajstić information content (AvgIpc) is 2.58. The van der Waals surface area contributed by atoms with Crippen LogP contribution in [0.4, 0.5) is 10.1 Å². The number of anilines is 2. The van der Waals surface area contributed by atoms with E-state index in [1.807, 2.05) is 0 Å². The Morgan fingerprint density at radius 2 is 2.43 bits per heavy atom. The number of nitrogen functional groups attached to an aromatic ring is 1. The number of ether oxygens (including phenoxy) is 1. The van der Waals surface area contributed by atoms with Gasteiger partial charge in [0.05, 0.1) is 12.8 Å². The van der Waals surface area contributed by atoms with Gasteiger partial charge in [-0.15, -0.1) is 0 Å². The maximum absolute atomic E-state index is 5.53. The largest absolute Gasteiger partial charge is 0.389 e. The van der Waals surface area contributed by atoms with Gasteiger partial charge in [-0.3, -0.25) is 0 Å². The molecule has 0 unspecified atom stereocenters. The second-order valence-electron chi connectivity index (χ2n) is 2.96. The van der Waals surface area contributed by atoms with Crippen LogP contribution in [0.15, 0.2) is 6.20 Å². The topological polar surface area (TPSA) is 60.2 Å². The number of nitrogens with zero attached hydrogens (tertiary/aromatic N) is 1. The lowest BCUT2D eigenvalue weighted by atomic mass is 10.4. The fourth-order valence-corrected chi connectivity index (χ4v) is 1.56. The number of hydrogen-bond acceptors (Lipinski definition) is 5. The Morgan fingerprint density at radius 3 is 3.07 bits per heavy atom. The Morgan fingerprint density at radius 1 is 1.57 bits per heavy atom. The molecule has 1 rings (SSSR count). The third-order valence-corrected chi connectivity index (χ3v) is 2.47. The Labute approximate surface area is 88.5 Å². The van der Waals surface area contributed by atoms with Crippen molar-refractivity contribution >= 4 is 21.5 Å². The molecule has 14 heavy (non-hydrogen) atoms. The third kappa shape index (κ3) is 4.43. The van der Waals surface area contributed by atoms with E-state index < -0.39 is 0 Å². The van der Waals surface area contributed by atoms with E-state index in [1.54, 1.807) is 6.20 Å². The van der Waals surface area contributed by atoms with Gasteiger partial charge in [-0.1, -0.05) is 24.7 Å². The monoisotopic (exact) mass is 215 g/mol. The van der Waals surface area contributed by atoms with E-state index in [-0.39, 0.29) is 0 Å². The third-order valence-electron chi connectivity index (χ3n) is 1.69. The van der Waals surface area contributed by atoms with Crippen molar-refractivity contribution in [3.8, 4) is 0 Å². The van der Waals surface area contributed by atoms with Gasteiger partial charge in [-0.2, -0.15) is 0 Å². The van der Waals surface area contributed by atoms with Crippen LogP contribution >= 0.6 is 11.3 Å². The first kappa shape index (κ1) is 11.3. The van der Waals surface area contributed by atoms with Crippen molar-refractivity contribution in [2.45, 2.75) is 19.8 Å². The molecule has 0 saturated carbocycles. The minimum atomic E-state index is 0.722. The molecular formula is C9H17N3OS. The van der Waals surface area contributed by atoms with Gasteiger partial charge in [0.15, 0.2) is 5.13 Å². The van der Waals surface area contributed by atoms with Gasteiger partial charge in [-0.05, 0) is 6.42 Å². The predicted molar refractivity (Wildman–Crippen MR) is 60.7 cm³/mol. The molecule has 1 aromatic rings. The highest BCUT2D eigenvalue weighted by Crippen LogP contribution is 2.18. The summed E-state index contributed by atoms with van der Waals surface area (Å²) in [6.45, 7) is 4.51. The lowest BCUT2D eigenvalue weighted by Gasteiger charge is -2.03. The Kier molecular flexibility index (Phi) is 5.32. The van der Waals surface area contributed by atoms with Crippen LogP contribution in [-0.4, -0.2) is 24.7 Å². The average molecular weight is 215 g/mol. The molecule has 0 aliphatic rings. The highest BCUT2D eigenvalue weighted by molar-refractivity contribution is 7.19. The van der Waals surface area contributed by atoms with Gasteiger partial charge in [0, 0.05) is 13.2 Å². The molecule has 4 nitrogen and oxygen atoms in total. The molecule has 0 amide bonds. The molecule has 0 bridgehead atoms. The summed E-state index contributed by atoms with van der Waals surface area (Å²) in [4.78, 5) is 4.08. The van der Waals surface area contributed by atoms with Crippen LogP contribution in [0.5, 0.6) is 0 Å². The molecule has 0 aliphatic carbocycles. The van der Waals surface area contributed by atoms with Crippen LogP contribution in [0, 0.1) is 0 Å². The first-order chi connectivity index (χ1) is 6.83. The highest BCUT2D eigenvalue weighted by atomic mass is 32.1. The number of nitrogens with one attached hydrogen (secondary N) is 1. The zero-order valence-electron chi connectivity index (χ0n) is 8.45. The lowest BCUT2D eigenvalue weighted by Crippen LogP contribution is -2.09. The normalized spacial score (nSPS) is 10.4. The highest BCUT2D eigenvalue weighted by Gasteiger charge is 1.96. The summed E-state index contributed by atoms with van der Waals surface area (Å²) in [5.74, 6) is 0. The van der Waals surface area contributed by atoms with E-state index in [9.17, 15) is 0 Å². The summed E-state index contributed by atoms with van der Waals surface area (Å²) < 4.78 is 5.39. The van der Waals surface area contributed by atoms with E-state index >= 15 is 0 Å². The van der Waals surface area contributed by atoms with E-state index in [4.69, 9.17) is 10.5 Å². The molecule has 0 aromatic carbocycles. The number of hydrogen-bond donors (Lipinski definition) is 2. The van der Waals surface area contributed by atoms with Crippen molar-refractivity contribution in [3.63, 3.8) is 0 Å². The van der Waals surface area contributed by atoms with Gasteiger partial charge in [0.1, 0.15) is 5.00 Å². The molecule has 0 aliphatic heterocycles. The van der Waals surface area contributed by atoms with E-state index in [1.165, 1.54) is 17.8 Å². The van der Waals surface area contributed by atoms with Crippen molar-refractivity contribution in [2.24, 2.45) is 0 Å². The molecule has 0 radical (unpaired) electrons. The van der Waals surface area contributed by atoms with Crippen LogP contribution in [0.2, 0.25) is 0 Å². The smallest absolute Gasteiger partial charge is 0.184 e. The van der Waals surface area contributed by atoms with Crippen molar-refractivity contribution < 1.29 is 4.74 Å². The summed E-state index contributed by atoms with van der Waals surface area (Å²) in [6, 6.07) is 0. The zero-order valence-corrected chi connectivity index (χ0v) is 9.27. The Hall–Kier alpha value is -0.810. The van der Waals surface area contributed by atoms with Crippen LogP contribution in [0.25, 0.3) is 0 Å². The number of rotatable bonds is 7. The maximum atomic E-state index is 5.53. The molecular weight excluding hydrogens is 198 g/mol. The minimum Gasteiger partial charge on any atom is -0.389 e. The standard InChI is InChI=1S/C9H17N3OS/c1-2-3-5-13-6-4-11-9-12-7-8(10)14-9/h7H,2-6,10H2,1H3,(H,11,12). The van der Waals surface area contributed by atoms with E-state index in [0.717, 1.165) is 36.3 Å². The summed E-state index contributed by atoms with van der Waals surface area (Å²) >= 11 is 1.46. The molecule has 3 N–H and O–H groups in total. The van der Waals surface area contributed by atoms with Gasteiger partial charge < -0.3 is 15.8 Å². The van der Waals surface area contributed by atoms with E-state index in [0.29, 0.717) is 0 Å². The molecule has 1 heterocycles. The van der Waals surface area contributed by atoms with Crippen molar-refractivity contribution in [1.29, 1.82) is 0 Å². The molecule has 0 atom stereocenters. The number of thiazole rings is 1. The van der Waals surface area contributed by atoms with Gasteiger partial charge in [0.25, 0.3) is 0 Å². The lowest BCUT2D eigenvalue weighted by molar-refractivity contribution is 0.141. The summed E-state index contributed by atoms with van der Waals surface area (Å²) in [7, 11) is 0. The quantitative estimate of drug-likeness (QED) is 0.682.